The summed E-state index contributed by atoms with van der Waals surface area (Å²) >= 11 is 0. The van der Waals surface area contributed by atoms with Crippen LogP contribution in [0.2, 0.25) is 0 Å². The molecule has 4 rings (SSSR count). The lowest BCUT2D eigenvalue weighted by Crippen LogP contribution is -2.04. The largest absolute Gasteiger partial charge is 0.478 e. The molecule has 6 heteroatoms. The SMILES string of the molecule is C.Cc1cc(C(C)C)c2oc(-c3cc(F)cc(F)c3)cc(=O)c2c1.Cc1ccccc1C(=O)O. The van der Waals surface area contributed by atoms with Gasteiger partial charge in [-0.05, 0) is 60.7 Å². The van der Waals surface area contributed by atoms with E-state index in [4.69, 9.17) is 9.52 Å². The highest BCUT2D eigenvalue weighted by molar-refractivity contribution is 5.89. The van der Waals surface area contributed by atoms with E-state index in [0.29, 0.717) is 16.5 Å². The first-order valence-corrected chi connectivity index (χ1v) is 10.4. The number of carboxylic acid groups (broad SMARTS) is 1. The lowest BCUT2D eigenvalue weighted by Gasteiger charge is -2.12. The first-order valence-electron chi connectivity index (χ1n) is 10.4. The maximum Gasteiger partial charge on any atom is 0.335 e. The van der Waals surface area contributed by atoms with Gasteiger partial charge in [0.05, 0.1) is 10.9 Å². The minimum Gasteiger partial charge on any atom is -0.478 e. The van der Waals surface area contributed by atoms with Crippen LogP contribution in [0.4, 0.5) is 8.78 Å². The first kappa shape index (κ1) is 26.5. The van der Waals surface area contributed by atoms with Gasteiger partial charge in [-0.25, -0.2) is 13.6 Å². The van der Waals surface area contributed by atoms with Gasteiger partial charge < -0.3 is 9.52 Å². The molecule has 1 N–H and O–H groups in total. The van der Waals surface area contributed by atoms with Crippen LogP contribution in [-0.2, 0) is 0 Å². The van der Waals surface area contributed by atoms with E-state index in [-0.39, 0.29) is 30.1 Å². The highest BCUT2D eigenvalue weighted by atomic mass is 19.1. The van der Waals surface area contributed by atoms with Crippen LogP contribution in [0.1, 0.15) is 54.2 Å². The van der Waals surface area contributed by atoms with Crippen LogP contribution in [0.3, 0.4) is 0 Å². The second-order valence-corrected chi connectivity index (χ2v) is 8.14. The molecule has 3 aromatic carbocycles. The van der Waals surface area contributed by atoms with E-state index in [1.807, 2.05) is 32.9 Å². The zero-order chi connectivity index (χ0) is 24.3. The second-order valence-electron chi connectivity index (χ2n) is 8.14. The minimum absolute atomic E-state index is 0. The van der Waals surface area contributed by atoms with E-state index in [2.05, 4.69) is 0 Å². The van der Waals surface area contributed by atoms with Crippen molar-refractivity contribution in [1.82, 2.24) is 0 Å². The third-order valence-corrected chi connectivity index (χ3v) is 5.15. The normalized spacial score (nSPS) is 10.4. The molecule has 0 saturated carbocycles. The maximum atomic E-state index is 13.4. The molecule has 0 spiro atoms. The summed E-state index contributed by atoms with van der Waals surface area (Å²) in [6.45, 7) is 7.70. The van der Waals surface area contributed by atoms with Gasteiger partial charge in [0.2, 0.25) is 0 Å². The van der Waals surface area contributed by atoms with Crippen molar-refractivity contribution in [1.29, 1.82) is 0 Å². The maximum absolute atomic E-state index is 13.4. The van der Waals surface area contributed by atoms with E-state index in [0.717, 1.165) is 34.9 Å². The number of aromatic carboxylic acids is 1. The van der Waals surface area contributed by atoms with E-state index in [9.17, 15) is 18.4 Å². The molecule has 0 aliphatic rings. The van der Waals surface area contributed by atoms with Crippen LogP contribution >= 0.6 is 0 Å². The zero-order valence-electron chi connectivity index (χ0n) is 18.8. The van der Waals surface area contributed by atoms with Gasteiger partial charge >= 0.3 is 5.97 Å². The number of fused-ring (bicyclic) bond motifs is 1. The van der Waals surface area contributed by atoms with Gasteiger partial charge in [0.25, 0.3) is 0 Å². The van der Waals surface area contributed by atoms with Crippen LogP contribution in [0.5, 0.6) is 0 Å². The molecule has 0 amide bonds. The molecule has 0 aliphatic heterocycles. The smallest absolute Gasteiger partial charge is 0.335 e. The molecule has 0 unspecified atom stereocenters. The van der Waals surface area contributed by atoms with Gasteiger partial charge in [-0.15, -0.1) is 0 Å². The summed E-state index contributed by atoms with van der Waals surface area (Å²) in [5.41, 5.74) is 3.50. The van der Waals surface area contributed by atoms with Crippen molar-refractivity contribution < 1.29 is 23.1 Å². The van der Waals surface area contributed by atoms with E-state index >= 15 is 0 Å². The van der Waals surface area contributed by atoms with Crippen LogP contribution < -0.4 is 5.43 Å². The fourth-order valence-electron chi connectivity index (χ4n) is 3.51. The Bertz CT molecular complexity index is 1370. The standard InChI is InChI=1S/C19H16F2O2.C8H8O2.CH4/c1-10(2)15-4-11(3)5-16-17(22)9-18(23-19(15)16)12-6-13(20)8-14(21)7-12;1-6-4-2-3-5-7(6)8(9)10;/h4-10H,1-3H3;2-5H,1H3,(H,9,10);1H4. The number of benzene rings is 3. The molecule has 0 radical (unpaired) electrons. The predicted molar refractivity (Wildman–Crippen MR) is 132 cm³/mol. The number of rotatable bonds is 3. The summed E-state index contributed by atoms with van der Waals surface area (Å²) in [5.74, 6) is -1.98. The molecule has 4 nitrogen and oxygen atoms in total. The van der Waals surface area contributed by atoms with Gasteiger partial charge in [0.15, 0.2) is 5.43 Å². The fourth-order valence-corrected chi connectivity index (χ4v) is 3.51. The van der Waals surface area contributed by atoms with Crippen molar-refractivity contribution >= 4 is 16.9 Å². The third kappa shape index (κ3) is 5.95. The van der Waals surface area contributed by atoms with Gasteiger partial charge in [-0.3, -0.25) is 4.79 Å². The number of aryl methyl sites for hydroxylation is 2. The Hall–Kier alpha value is -3.80. The molecule has 178 valence electrons. The minimum atomic E-state index is -0.863. The third-order valence-electron chi connectivity index (χ3n) is 5.15. The summed E-state index contributed by atoms with van der Waals surface area (Å²) in [6, 6.07) is 15.0. The van der Waals surface area contributed by atoms with Crippen LogP contribution in [0.15, 0.2) is 69.9 Å². The lowest BCUT2D eigenvalue weighted by molar-refractivity contribution is 0.0696. The van der Waals surface area contributed by atoms with Gasteiger partial charge in [0.1, 0.15) is 23.0 Å². The van der Waals surface area contributed by atoms with Crippen molar-refractivity contribution in [2.24, 2.45) is 0 Å². The number of hydrogen-bond acceptors (Lipinski definition) is 3. The molecule has 0 bridgehead atoms. The summed E-state index contributed by atoms with van der Waals surface area (Å²) in [7, 11) is 0. The Kier molecular flexibility index (Phi) is 8.46. The Balaban J connectivity index is 0.000000314. The van der Waals surface area contributed by atoms with Gasteiger partial charge in [-0.1, -0.05) is 45.5 Å². The second kappa shape index (κ2) is 10.9. The average molecular weight is 467 g/mol. The Morgan fingerprint density at radius 2 is 1.56 bits per heavy atom. The van der Waals surface area contributed by atoms with E-state index in [1.54, 1.807) is 31.2 Å². The number of halogens is 2. The summed E-state index contributed by atoms with van der Waals surface area (Å²) in [4.78, 5) is 22.8. The van der Waals surface area contributed by atoms with Crippen molar-refractivity contribution in [3.05, 3.63) is 105 Å². The monoisotopic (exact) mass is 466 g/mol. The Morgan fingerprint density at radius 1 is 0.941 bits per heavy atom. The number of carboxylic acids is 1. The molecular formula is C28H28F2O4. The van der Waals surface area contributed by atoms with E-state index < -0.39 is 17.6 Å². The Morgan fingerprint density at radius 3 is 2.09 bits per heavy atom. The molecule has 1 aromatic heterocycles. The van der Waals surface area contributed by atoms with Crippen molar-refractivity contribution in [2.45, 2.75) is 41.0 Å². The molecule has 0 fully saturated rings. The number of hydrogen-bond donors (Lipinski definition) is 1. The van der Waals surface area contributed by atoms with Crippen molar-refractivity contribution in [3.63, 3.8) is 0 Å². The molecule has 0 atom stereocenters. The summed E-state index contributed by atoms with van der Waals surface area (Å²) in [6.07, 6.45) is 0. The molecule has 1 heterocycles. The first-order chi connectivity index (χ1) is 15.6. The Labute approximate surface area is 197 Å². The molecule has 0 aliphatic carbocycles. The summed E-state index contributed by atoms with van der Waals surface area (Å²) < 4.78 is 32.7. The van der Waals surface area contributed by atoms with Crippen molar-refractivity contribution in [3.8, 4) is 11.3 Å². The quantitative estimate of drug-likeness (QED) is 0.339. The van der Waals surface area contributed by atoms with Crippen LogP contribution in [0.25, 0.3) is 22.3 Å². The molecular weight excluding hydrogens is 438 g/mol. The zero-order valence-corrected chi connectivity index (χ0v) is 18.8. The van der Waals surface area contributed by atoms with Gasteiger partial charge in [0, 0.05) is 17.7 Å². The highest BCUT2D eigenvalue weighted by Crippen LogP contribution is 2.30. The average Bonchev–Trinajstić information content (AvgIpc) is 2.73. The van der Waals surface area contributed by atoms with Crippen LogP contribution in [-0.4, -0.2) is 11.1 Å². The van der Waals surface area contributed by atoms with Gasteiger partial charge in [-0.2, -0.15) is 0 Å². The molecule has 4 aromatic rings. The molecule has 34 heavy (non-hydrogen) atoms. The van der Waals surface area contributed by atoms with E-state index in [1.165, 1.54) is 6.07 Å². The number of carbonyl (C=O) groups is 1. The fraction of sp³-hybridized carbons (Fsp3) is 0.214. The molecule has 0 saturated heterocycles. The lowest BCUT2D eigenvalue weighted by atomic mass is 9.97. The predicted octanol–water partition coefficient (Wildman–Crippen LogP) is 7.50. The van der Waals surface area contributed by atoms with Crippen molar-refractivity contribution in [2.75, 3.05) is 0 Å². The topological polar surface area (TPSA) is 67.5 Å². The summed E-state index contributed by atoms with van der Waals surface area (Å²) in [5, 5.41) is 9.05. The van der Waals surface area contributed by atoms with Crippen LogP contribution in [0, 0.1) is 25.5 Å². The highest BCUT2D eigenvalue weighted by Gasteiger charge is 2.14.